The Morgan fingerprint density at radius 1 is 1.24 bits per heavy atom. The van der Waals surface area contributed by atoms with E-state index in [1.54, 1.807) is 7.11 Å². The van der Waals surface area contributed by atoms with Gasteiger partial charge in [-0.05, 0) is 30.6 Å². The van der Waals surface area contributed by atoms with E-state index in [0.29, 0.717) is 12.5 Å². The van der Waals surface area contributed by atoms with Gasteiger partial charge in [0.05, 0.1) is 13.7 Å². The van der Waals surface area contributed by atoms with E-state index in [1.165, 1.54) is 0 Å². The molecule has 0 N–H and O–H groups in total. The molecule has 2 bridgehead atoms. The first-order valence-corrected chi connectivity index (χ1v) is 9.07. The van der Waals surface area contributed by atoms with Crippen LogP contribution in [0.2, 0.25) is 0 Å². The average Bonchev–Trinajstić information content (AvgIpc) is 3.10. The van der Waals surface area contributed by atoms with Crippen LogP contribution >= 0.6 is 0 Å². The molecule has 2 spiro atoms. The Balaban J connectivity index is 1.66. The molecule has 2 unspecified atom stereocenters. The number of hydrogen-bond acceptors (Lipinski definition) is 4. The summed E-state index contributed by atoms with van der Waals surface area (Å²) in [7, 11) is 1.67. The highest BCUT2D eigenvalue weighted by Gasteiger charge is 2.73. The minimum absolute atomic E-state index is 0.122. The summed E-state index contributed by atoms with van der Waals surface area (Å²) in [5.41, 5.74) is -0.0750. The van der Waals surface area contributed by atoms with Crippen LogP contribution in [0.3, 0.4) is 0 Å². The fourth-order valence-electron chi connectivity index (χ4n) is 5.75. The average molecular weight is 340 g/mol. The number of aliphatic imine (C=N–C) groups is 1. The highest BCUT2D eigenvalue weighted by Crippen LogP contribution is 2.62. The summed E-state index contributed by atoms with van der Waals surface area (Å²) in [6.45, 7) is 4.95. The molecular weight excluding hydrogens is 316 g/mol. The summed E-state index contributed by atoms with van der Waals surface area (Å²) in [6, 6.07) is 10.0. The van der Waals surface area contributed by atoms with Crippen LogP contribution in [0.15, 0.2) is 35.3 Å². The van der Waals surface area contributed by atoms with Crippen LogP contribution in [0.5, 0.6) is 0 Å². The summed E-state index contributed by atoms with van der Waals surface area (Å²) < 4.78 is 11.9. The number of rotatable bonds is 1. The molecule has 5 aliphatic rings. The molecule has 132 valence electrons. The minimum atomic E-state index is -0.669. The van der Waals surface area contributed by atoms with Crippen LogP contribution in [0.1, 0.15) is 44.9 Å². The summed E-state index contributed by atoms with van der Waals surface area (Å²) in [6.07, 6.45) is 2.35. The van der Waals surface area contributed by atoms with E-state index in [-0.39, 0.29) is 23.5 Å². The predicted molar refractivity (Wildman–Crippen MR) is 93.0 cm³/mol. The van der Waals surface area contributed by atoms with E-state index < -0.39 is 11.1 Å². The predicted octanol–water partition coefficient (Wildman–Crippen LogP) is 2.92. The third kappa shape index (κ3) is 1.77. The number of carbonyl (C=O) groups is 1. The van der Waals surface area contributed by atoms with E-state index in [4.69, 9.17) is 14.5 Å². The zero-order valence-corrected chi connectivity index (χ0v) is 15.0. The second-order valence-corrected chi connectivity index (χ2v) is 8.77. The SMILES string of the molecule is COC1=NC23CC(C)(C)C[C@@H]2CC12CO[C@H](c1ccccc1)N2C3=O. The molecule has 0 radical (unpaired) electrons. The van der Waals surface area contributed by atoms with Crippen molar-refractivity contribution in [2.75, 3.05) is 13.7 Å². The van der Waals surface area contributed by atoms with E-state index in [2.05, 4.69) is 13.8 Å². The maximum absolute atomic E-state index is 13.7. The van der Waals surface area contributed by atoms with Crippen molar-refractivity contribution in [3.63, 3.8) is 0 Å². The summed E-state index contributed by atoms with van der Waals surface area (Å²) in [4.78, 5) is 20.6. The monoisotopic (exact) mass is 340 g/mol. The van der Waals surface area contributed by atoms with Gasteiger partial charge in [0, 0.05) is 5.56 Å². The maximum Gasteiger partial charge on any atom is 0.254 e. The van der Waals surface area contributed by atoms with Gasteiger partial charge in [0.2, 0.25) is 5.90 Å². The lowest BCUT2D eigenvalue weighted by Gasteiger charge is -2.54. The number of hydrogen-bond donors (Lipinski definition) is 0. The zero-order valence-electron chi connectivity index (χ0n) is 15.0. The first-order chi connectivity index (χ1) is 11.9. The second-order valence-electron chi connectivity index (χ2n) is 8.77. The van der Waals surface area contributed by atoms with E-state index >= 15 is 0 Å². The molecule has 1 aromatic rings. The highest BCUT2D eigenvalue weighted by atomic mass is 16.5. The van der Waals surface area contributed by atoms with Gasteiger partial charge in [-0.25, -0.2) is 4.99 Å². The summed E-state index contributed by atoms with van der Waals surface area (Å²) >= 11 is 0. The molecule has 1 aliphatic carbocycles. The van der Waals surface area contributed by atoms with Crippen molar-refractivity contribution >= 4 is 11.8 Å². The topological polar surface area (TPSA) is 51.1 Å². The number of amides is 1. The molecular formula is C20H24N2O3. The number of piperidine rings is 1. The molecule has 1 amide bonds. The molecule has 4 atom stereocenters. The molecule has 2 saturated heterocycles. The Morgan fingerprint density at radius 3 is 2.72 bits per heavy atom. The van der Waals surface area contributed by atoms with Crippen molar-refractivity contribution in [1.82, 2.24) is 4.90 Å². The van der Waals surface area contributed by atoms with Gasteiger partial charge in [0.25, 0.3) is 5.91 Å². The van der Waals surface area contributed by atoms with E-state index in [0.717, 1.165) is 24.8 Å². The molecule has 3 fully saturated rings. The van der Waals surface area contributed by atoms with Crippen molar-refractivity contribution in [3.05, 3.63) is 35.9 Å². The summed E-state index contributed by atoms with van der Waals surface area (Å²) in [5.74, 6) is 1.09. The van der Waals surface area contributed by atoms with Crippen LogP contribution in [-0.4, -0.2) is 41.5 Å². The van der Waals surface area contributed by atoms with Crippen molar-refractivity contribution < 1.29 is 14.3 Å². The van der Waals surface area contributed by atoms with Gasteiger partial charge in [-0.15, -0.1) is 0 Å². The van der Waals surface area contributed by atoms with Crippen LogP contribution in [-0.2, 0) is 14.3 Å². The molecule has 1 aromatic carbocycles. The van der Waals surface area contributed by atoms with E-state index in [9.17, 15) is 4.79 Å². The second kappa shape index (κ2) is 4.64. The number of nitrogens with zero attached hydrogens (tertiary/aromatic N) is 2. The highest BCUT2D eigenvalue weighted by molar-refractivity contribution is 6.03. The maximum atomic E-state index is 13.7. The molecule has 0 aromatic heterocycles. The quantitative estimate of drug-likeness (QED) is 0.790. The van der Waals surface area contributed by atoms with Crippen LogP contribution < -0.4 is 0 Å². The Morgan fingerprint density at radius 2 is 2.00 bits per heavy atom. The largest absolute Gasteiger partial charge is 0.483 e. The van der Waals surface area contributed by atoms with Gasteiger partial charge < -0.3 is 9.47 Å². The van der Waals surface area contributed by atoms with Gasteiger partial charge in [-0.2, -0.15) is 0 Å². The third-order valence-electron chi connectivity index (χ3n) is 6.55. The van der Waals surface area contributed by atoms with Crippen molar-refractivity contribution in [2.24, 2.45) is 16.3 Å². The lowest BCUT2D eigenvalue weighted by Crippen LogP contribution is -2.72. The Bertz CT molecular complexity index is 774. The van der Waals surface area contributed by atoms with Gasteiger partial charge in [0.1, 0.15) is 11.1 Å². The molecule has 4 aliphatic heterocycles. The fourth-order valence-corrected chi connectivity index (χ4v) is 5.75. The summed E-state index contributed by atoms with van der Waals surface area (Å²) in [5, 5.41) is 0. The normalized spacial score (nSPS) is 40.7. The van der Waals surface area contributed by atoms with Crippen LogP contribution in [0, 0.1) is 11.3 Å². The lowest BCUT2D eigenvalue weighted by molar-refractivity contribution is -0.155. The number of benzene rings is 1. The molecule has 6 rings (SSSR count). The molecule has 5 heteroatoms. The van der Waals surface area contributed by atoms with Gasteiger partial charge in [-0.1, -0.05) is 44.2 Å². The van der Waals surface area contributed by atoms with Crippen LogP contribution in [0.25, 0.3) is 0 Å². The van der Waals surface area contributed by atoms with Gasteiger partial charge >= 0.3 is 0 Å². The van der Waals surface area contributed by atoms with Gasteiger partial charge in [-0.3, -0.25) is 9.69 Å². The fraction of sp³-hybridized carbons (Fsp3) is 0.600. The van der Waals surface area contributed by atoms with Gasteiger partial charge in [0.15, 0.2) is 6.23 Å². The van der Waals surface area contributed by atoms with Crippen molar-refractivity contribution in [3.8, 4) is 0 Å². The minimum Gasteiger partial charge on any atom is -0.483 e. The first kappa shape index (κ1) is 15.4. The Labute approximate surface area is 148 Å². The molecule has 1 saturated carbocycles. The Kier molecular flexibility index (Phi) is 2.85. The number of methoxy groups -OCH3 is 1. The lowest BCUT2D eigenvalue weighted by atomic mass is 9.68. The van der Waals surface area contributed by atoms with Crippen LogP contribution in [0.4, 0.5) is 0 Å². The number of carbonyl (C=O) groups excluding carboxylic acids is 1. The van der Waals surface area contributed by atoms with Crippen molar-refractivity contribution in [2.45, 2.75) is 50.4 Å². The standard InChI is InChI=1S/C20H24N2O3/c1-18(2)9-14-10-19-12-25-15(13-7-5-4-6-8-13)22(19)17(23)20(14,11-18)21-16(19)24-3/h4-8,14-15H,9-12H2,1-3H3/t14-,15-,19?,20?/m1/s1. The van der Waals surface area contributed by atoms with E-state index in [1.807, 2.05) is 35.2 Å². The smallest absolute Gasteiger partial charge is 0.254 e. The van der Waals surface area contributed by atoms with Crippen molar-refractivity contribution in [1.29, 1.82) is 0 Å². The molecule has 5 nitrogen and oxygen atoms in total. The third-order valence-corrected chi connectivity index (χ3v) is 6.55. The first-order valence-electron chi connectivity index (χ1n) is 9.07. The number of ether oxygens (including phenoxy) is 2. The molecule has 25 heavy (non-hydrogen) atoms. The molecule has 4 heterocycles. The zero-order chi connectivity index (χ0) is 17.4. The Hall–Kier alpha value is -1.88.